The molecule has 12 rings (SSSR count). The maximum atomic E-state index is 2.45. The first-order valence-electron chi connectivity index (χ1n) is 20.6. The fraction of sp³-hybridized carbons (Fsp3) is 0.0169. The Morgan fingerprint density at radius 3 is 1.24 bits per heavy atom. The summed E-state index contributed by atoms with van der Waals surface area (Å²) in [7, 11) is 0. The van der Waals surface area contributed by atoms with Crippen LogP contribution in [0.5, 0.6) is 0 Å². The standard InChI is InChI=1S/C59H38/c1-4-16-40(17-5-1)54-47-26-12-10-24-45(47)52(46-25-11-13-27-48(46)54)36-38-30-32-39(33-31-38)44-34-35-49-53(37-44)57(43-20-8-3-9-21-43)59-51-29-15-23-41-22-14-28-50(55(41)51)58(59)56(49)42-18-6-2-7-19-42/h1-35,37H,36H2. The lowest BCUT2D eigenvalue weighted by molar-refractivity contribution is 1.23. The number of hydrogen-bond acceptors (Lipinski definition) is 0. The van der Waals surface area contributed by atoms with E-state index >= 15 is 0 Å². The van der Waals surface area contributed by atoms with Crippen molar-refractivity contribution in [3.05, 3.63) is 230 Å². The van der Waals surface area contributed by atoms with E-state index in [9.17, 15) is 0 Å². The lowest BCUT2D eigenvalue weighted by atomic mass is 9.81. The average molecular weight is 747 g/mol. The largest absolute Gasteiger partial charge is 0.0622 e. The quantitative estimate of drug-likeness (QED) is 0.149. The minimum Gasteiger partial charge on any atom is -0.0622 e. The van der Waals surface area contributed by atoms with Crippen molar-refractivity contribution >= 4 is 43.1 Å². The van der Waals surface area contributed by atoms with Crippen LogP contribution in [-0.4, -0.2) is 0 Å². The fourth-order valence-corrected chi connectivity index (χ4v) is 10.1. The predicted molar refractivity (Wildman–Crippen MR) is 252 cm³/mol. The number of hydrogen-bond donors (Lipinski definition) is 0. The Kier molecular flexibility index (Phi) is 7.71. The Bertz CT molecular complexity index is 3350. The third kappa shape index (κ3) is 5.30. The molecule has 274 valence electrons. The summed E-state index contributed by atoms with van der Waals surface area (Å²) in [5.74, 6) is 0. The van der Waals surface area contributed by atoms with Crippen molar-refractivity contribution in [3.63, 3.8) is 0 Å². The van der Waals surface area contributed by atoms with Gasteiger partial charge in [0.05, 0.1) is 0 Å². The summed E-state index contributed by atoms with van der Waals surface area (Å²) in [6.45, 7) is 0. The van der Waals surface area contributed by atoms with Crippen molar-refractivity contribution in [1.82, 2.24) is 0 Å². The maximum Gasteiger partial charge on any atom is -0.000741 e. The molecule has 59 heavy (non-hydrogen) atoms. The monoisotopic (exact) mass is 746 g/mol. The molecule has 0 N–H and O–H groups in total. The van der Waals surface area contributed by atoms with Crippen LogP contribution in [0.3, 0.4) is 0 Å². The molecule has 0 heterocycles. The highest BCUT2D eigenvalue weighted by atomic mass is 14.3. The second kappa shape index (κ2) is 13.5. The van der Waals surface area contributed by atoms with Gasteiger partial charge in [-0.05, 0) is 133 Å². The van der Waals surface area contributed by atoms with Crippen LogP contribution in [0.1, 0.15) is 11.1 Å². The summed E-state index contributed by atoms with van der Waals surface area (Å²) < 4.78 is 0. The molecule has 0 bridgehead atoms. The summed E-state index contributed by atoms with van der Waals surface area (Å²) >= 11 is 0. The van der Waals surface area contributed by atoms with Crippen molar-refractivity contribution in [3.8, 4) is 66.8 Å². The van der Waals surface area contributed by atoms with Crippen LogP contribution in [0.4, 0.5) is 0 Å². The molecule has 0 spiro atoms. The highest BCUT2D eigenvalue weighted by Crippen LogP contribution is 2.58. The normalized spacial score (nSPS) is 11.8. The van der Waals surface area contributed by atoms with Crippen molar-refractivity contribution in [1.29, 1.82) is 0 Å². The van der Waals surface area contributed by atoms with E-state index in [1.54, 1.807) is 0 Å². The summed E-state index contributed by atoms with van der Waals surface area (Å²) in [6, 6.07) is 80.8. The van der Waals surface area contributed by atoms with Gasteiger partial charge in [0.1, 0.15) is 0 Å². The molecule has 0 aliphatic heterocycles. The van der Waals surface area contributed by atoms with Gasteiger partial charge in [0.2, 0.25) is 0 Å². The Balaban J connectivity index is 1.03. The molecule has 0 aromatic heterocycles. The zero-order chi connectivity index (χ0) is 38.9. The predicted octanol–water partition coefficient (Wildman–Crippen LogP) is 16.2. The van der Waals surface area contributed by atoms with Gasteiger partial charge in [-0.2, -0.15) is 0 Å². The summed E-state index contributed by atoms with van der Waals surface area (Å²) in [6.07, 6.45) is 0.852. The molecule has 1 aliphatic rings. The van der Waals surface area contributed by atoms with Crippen LogP contribution in [-0.2, 0) is 6.42 Å². The molecule has 0 radical (unpaired) electrons. The molecule has 0 heteroatoms. The molecule has 1 aliphatic carbocycles. The highest BCUT2D eigenvalue weighted by molar-refractivity contribution is 6.28. The smallest absolute Gasteiger partial charge is 0.000741 e. The molecule has 0 saturated heterocycles. The molecule has 0 amide bonds. The van der Waals surface area contributed by atoms with Gasteiger partial charge in [-0.25, -0.2) is 0 Å². The molecule has 0 saturated carbocycles. The summed E-state index contributed by atoms with van der Waals surface area (Å²) in [5.41, 5.74) is 18.1. The first kappa shape index (κ1) is 33.6. The Morgan fingerprint density at radius 2 is 0.695 bits per heavy atom. The van der Waals surface area contributed by atoms with E-state index in [0.29, 0.717) is 0 Å². The van der Waals surface area contributed by atoms with Crippen molar-refractivity contribution < 1.29 is 0 Å². The van der Waals surface area contributed by atoms with Crippen LogP contribution in [0, 0.1) is 0 Å². The molecule has 0 nitrogen and oxygen atoms in total. The molecular weight excluding hydrogens is 709 g/mol. The third-order valence-electron chi connectivity index (χ3n) is 12.7. The molecule has 11 aromatic carbocycles. The summed E-state index contributed by atoms with van der Waals surface area (Å²) in [4.78, 5) is 0. The molecule has 0 atom stereocenters. The minimum atomic E-state index is 0.852. The van der Waals surface area contributed by atoms with Crippen molar-refractivity contribution in [2.45, 2.75) is 6.42 Å². The lowest BCUT2D eigenvalue weighted by Gasteiger charge is -2.21. The van der Waals surface area contributed by atoms with Gasteiger partial charge < -0.3 is 0 Å². The van der Waals surface area contributed by atoms with E-state index < -0.39 is 0 Å². The van der Waals surface area contributed by atoms with Crippen LogP contribution >= 0.6 is 0 Å². The van der Waals surface area contributed by atoms with Gasteiger partial charge in [-0.3, -0.25) is 0 Å². The first-order chi connectivity index (χ1) is 29.3. The van der Waals surface area contributed by atoms with E-state index in [1.807, 2.05) is 0 Å². The number of fused-ring (bicyclic) bond motifs is 6. The molecule has 0 unspecified atom stereocenters. The van der Waals surface area contributed by atoms with Crippen molar-refractivity contribution in [2.24, 2.45) is 0 Å². The molecule has 11 aromatic rings. The van der Waals surface area contributed by atoms with E-state index in [2.05, 4.69) is 218 Å². The van der Waals surface area contributed by atoms with Crippen LogP contribution < -0.4 is 0 Å². The van der Waals surface area contributed by atoms with E-state index in [-0.39, 0.29) is 0 Å². The van der Waals surface area contributed by atoms with Gasteiger partial charge in [0.15, 0.2) is 0 Å². The van der Waals surface area contributed by atoms with Crippen LogP contribution in [0.25, 0.3) is 110 Å². The van der Waals surface area contributed by atoms with E-state index in [1.165, 1.54) is 121 Å². The number of rotatable bonds is 6. The van der Waals surface area contributed by atoms with Gasteiger partial charge in [-0.15, -0.1) is 0 Å². The Labute approximate surface area is 344 Å². The fourth-order valence-electron chi connectivity index (χ4n) is 10.1. The SMILES string of the molecule is c1ccc(-c2c3c(c(-c4ccccc4)c4cc(-c5ccc(Cc6c7ccccc7c(-c7ccccc7)c7ccccc67)cc5)ccc24)-c2cccc4cccc-3c24)cc1. The van der Waals surface area contributed by atoms with E-state index in [4.69, 9.17) is 0 Å². The zero-order valence-corrected chi connectivity index (χ0v) is 32.5. The van der Waals surface area contributed by atoms with Crippen LogP contribution in [0.15, 0.2) is 218 Å². The van der Waals surface area contributed by atoms with Gasteiger partial charge in [-0.1, -0.05) is 212 Å². The average Bonchev–Trinajstić information content (AvgIpc) is 3.64. The lowest BCUT2D eigenvalue weighted by Crippen LogP contribution is -1.96. The molecular formula is C59H38. The highest BCUT2D eigenvalue weighted by Gasteiger charge is 2.30. The first-order valence-corrected chi connectivity index (χ1v) is 20.6. The van der Waals surface area contributed by atoms with Gasteiger partial charge in [0.25, 0.3) is 0 Å². The maximum absolute atomic E-state index is 2.45. The summed E-state index contributed by atoms with van der Waals surface area (Å²) in [5, 5.41) is 10.4. The topological polar surface area (TPSA) is 0 Å². The second-order valence-electron chi connectivity index (χ2n) is 15.9. The van der Waals surface area contributed by atoms with E-state index in [0.717, 1.165) is 6.42 Å². The van der Waals surface area contributed by atoms with Crippen LogP contribution in [0.2, 0.25) is 0 Å². The van der Waals surface area contributed by atoms with Crippen molar-refractivity contribution in [2.75, 3.05) is 0 Å². The third-order valence-corrected chi connectivity index (χ3v) is 12.7. The minimum absolute atomic E-state index is 0.852. The Hall–Kier alpha value is -7.54. The second-order valence-corrected chi connectivity index (χ2v) is 15.9. The van der Waals surface area contributed by atoms with Gasteiger partial charge >= 0.3 is 0 Å². The molecule has 0 fully saturated rings. The van der Waals surface area contributed by atoms with Gasteiger partial charge in [0, 0.05) is 0 Å². The Morgan fingerprint density at radius 1 is 0.254 bits per heavy atom. The number of benzene rings is 11. The zero-order valence-electron chi connectivity index (χ0n) is 32.5.